The van der Waals surface area contributed by atoms with Crippen LogP contribution in [0.1, 0.15) is 37.7 Å². The lowest BCUT2D eigenvalue weighted by Gasteiger charge is -2.20. The highest BCUT2D eigenvalue weighted by Gasteiger charge is 2.34. The lowest BCUT2D eigenvalue weighted by atomic mass is 9.84. The number of nitrogens with one attached hydrogen (secondary N) is 1. The summed E-state index contributed by atoms with van der Waals surface area (Å²) in [5, 5.41) is 12.1. The van der Waals surface area contributed by atoms with E-state index in [1.807, 2.05) is 6.07 Å². The number of amides is 1. The predicted molar refractivity (Wildman–Crippen MR) is 93.8 cm³/mol. The van der Waals surface area contributed by atoms with Crippen LogP contribution in [0.4, 0.5) is 4.39 Å². The number of benzene rings is 1. The molecule has 4 nitrogen and oxygen atoms in total. The van der Waals surface area contributed by atoms with Crippen LogP contribution in [-0.4, -0.2) is 16.9 Å². The summed E-state index contributed by atoms with van der Waals surface area (Å²) < 4.78 is 13.0. The van der Waals surface area contributed by atoms with Gasteiger partial charge in [0.15, 0.2) is 5.78 Å². The number of rotatable bonds is 4. The minimum atomic E-state index is -0.414. The maximum Gasteiger partial charge on any atom is 0.238 e. The van der Waals surface area contributed by atoms with Crippen molar-refractivity contribution >= 4 is 23.5 Å². The van der Waals surface area contributed by atoms with E-state index in [1.165, 1.54) is 23.9 Å². The van der Waals surface area contributed by atoms with Crippen LogP contribution in [-0.2, 0) is 16.0 Å². The highest BCUT2D eigenvalue weighted by molar-refractivity contribution is 8.04. The van der Waals surface area contributed by atoms with Gasteiger partial charge in [0.25, 0.3) is 0 Å². The Kier molecular flexibility index (Phi) is 5.54. The summed E-state index contributed by atoms with van der Waals surface area (Å²) in [6.45, 7) is 0. The van der Waals surface area contributed by atoms with Crippen molar-refractivity contribution in [3.63, 3.8) is 0 Å². The van der Waals surface area contributed by atoms with E-state index >= 15 is 0 Å². The number of carbonyl (C=O) groups excluding carboxylic acids is 2. The van der Waals surface area contributed by atoms with Gasteiger partial charge in [-0.05, 0) is 37.0 Å². The third-order valence-electron chi connectivity index (χ3n) is 4.68. The molecule has 1 unspecified atom stereocenters. The van der Waals surface area contributed by atoms with Crippen LogP contribution in [0.25, 0.3) is 0 Å². The zero-order valence-corrected chi connectivity index (χ0v) is 14.6. The molecule has 25 heavy (non-hydrogen) atoms. The van der Waals surface area contributed by atoms with E-state index in [4.69, 9.17) is 0 Å². The van der Waals surface area contributed by atoms with Gasteiger partial charge >= 0.3 is 0 Å². The van der Waals surface area contributed by atoms with Crippen molar-refractivity contribution in [2.45, 2.75) is 43.8 Å². The normalized spacial score (nSPS) is 23.0. The topological polar surface area (TPSA) is 70.0 Å². The summed E-state index contributed by atoms with van der Waals surface area (Å²) >= 11 is 1.22. The van der Waals surface area contributed by atoms with Gasteiger partial charge in [0.1, 0.15) is 17.5 Å². The van der Waals surface area contributed by atoms with E-state index in [0.717, 1.165) is 37.7 Å². The van der Waals surface area contributed by atoms with E-state index in [0.29, 0.717) is 11.4 Å². The van der Waals surface area contributed by atoms with Crippen molar-refractivity contribution in [1.82, 2.24) is 5.32 Å². The molecule has 2 aliphatic rings. The fourth-order valence-corrected chi connectivity index (χ4v) is 4.44. The molecule has 1 aliphatic carbocycles. The van der Waals surface area contributed by atoms with E-state index in [-0.39, 0.29) is 29.0 Å². The largest absolute Gasteiger partial charge is 0.318 e. The predicted octanol–water partition coefficient (Wildman–Crippen LogP) is 3.48. The van der Waals surface area contributed by atoms with Crippen molar-refractivity contribution in [1.29, 1.82) is 5.26 Å². The number of allylic oxidation sites excluding steroid dienone is 1. The minimum Gasteiger partial charge on any atom is -0.318 e. The molecule has 1 saturated heterocycles. The highest BCUT2D eigenvalue weighted by Crippen LogP contribution is 2.34. The number of halogens is 1. The average molecular weight is 358 g/mol. The molecule has 1 heterocycles. The second-order valence-electron chi connectivity index (χ2n) is 6.44. The first kappa shape index (κ1) is 17.7. The SMILES string of the molecule is N#CC(C(=O)C1CCCCC1)=C1NC(=O)C(Cc2ccc(F)cc2)S1. The van der Waals surface area contributed by atoms with Crippen LogP contribution in [0.15, 0.2) is 34.9 Å². The number of nitrogens with zero attached hydrogens (tertiary/aromatic N) is 1. The van der Waals surface area contributed by atoms with Gasteiger partial charge in [-0.2, -0.15) is 5.26 Å². The van der Waals surface area contributed by atoms with Crippen molar-refractivity contribution in [2.75, 3.05) is 0 Å². The lowest BCUT2D eigenvalue weighted by molar-refractivity contribution is -0.119. The molecule has 1 amide bonds. The van der Waals surface area contributed by atoms with Crippen LogP contribution >= 0.6 is 11.8 Å². The number of hydrogen-bond acceptors (Lipinski definition) is 4. The Balaban J connectivity index is 1.74. The molecule has 1 aliphatic heterocycles. The molecule has 2 fully saturated rings. The van der Waals surface area contributed by atoms with Gasteiger partial charge in [-0.1, -0.05) is 43.2 Å². The van der Waals surface area contributed by atoms with Gasteiger partial charge < -0.3 is 5.32 Å². The summed E-state index contributed by atoms with van der Waals surface area (Å²) in [4.78, 5) is 24.9. The third kappa shape index (κ3) is 4.10. The van der Waals surface area contributed by atoms with Crippen molar-refractivity contribution < 1.29 is 14.0 Å². The zero-order chi connectivity index (χ0) is 17.8. The first-order chi connectivity index (χ1) is 12.1. The number of Topliss-reactive ketones (excluding diaryl/α,β-unsaturated/α-hetero) is 1. The Hall–Kier alpha value is -2.13. The van der Waals surface area contributed by atoms with Crippen molar-refractivity contribution in [2.24, 2.45) is 5.92 Å². The van der Waals surface area contributed by atoms with Crippen LogP contribution in [0.3, 0.4) is 0 Å². The molecular formula is C19H19FN2O2S. The fourth-order valence-electron chi connectivity index (χ4n) is 3.29. The monoisotopic (exact) mass is 358 g/mol. The van der Waals surface area contributed by atoms with Gasteiger partial charge in [0, 0.05) is 5.92 Å². The average Bonchev–Trinajstić information content (AvgIpc) is 2.98. The van der Waals surface area contributed by atoms with Gasteiger partial charge in [-0.25, -0.2) is 4.39 Å². The second-order valence-corrected chi connectivity index (χ2v) is 7.65. The molecule has 0 radical (unpaired) electrons. The van der Waals surface area contributed by atoms with Crippen molar-refractivity contribution in [3.05, 3.63) is 46.2 Å². The molecule has 0 aromatic heterocycles. The number of ketones is 1. The van der Waals surface area contributed by atoms with E-state index in [2.05, 4.69) is 5.32 Å². The standard InChI is InChI=1S/C19H19FN2O2S/c20-14-8-6-12(7-9-14)10-16-18(24)22-19(25-16)15(11-21)17(23)13-4-2-1-3-5-13/h6-9,13,16H,1-5,10H2,(H,22,24). The molecule has 6 heteroatoms. The lowest BCUT2D eigenvalue weighted by Crippen LogP contribution is -2.25. The fraction of sp³-hybridized carbons (Fsp3) is 0.421. The Morgan fingerprint density at radius 3 is 2.56 bits per heavy atom. The summed E-state index contributed by atoms with van der Waals surface area (Å²) in [5.74, 6) is -0.789. The van der Waals surface area contributed by atoms with E-state index in [1.54, 1.807) is 12.1 Å². The first-order valence-electron chi connectivity index (χ1n) is 8.49. The zero-order valence-electron chi connectivity index (χ0n) is 13.8. The van der Waals surface area contributed by atoms with Gasteiger partial charge in [-0.15, -0.1) is 0 Å². The summed E-state index contributed by atoms with van der Waals surface area (Å²) in [5.41, 5.74) is 0.916. The second kappa shape index (κ2) is 7.83. The molecule has 1 N–H and O–H groups in total. The first-order valence-corrected chi connectivity index (χ1v) is 9.37. The quantitative estimate of drug-likeness (QED) is 0.661. The van der Waals surface area contributed by atoms with Crippen LogP contribution in [0.2, 0.25) is 0 Å². The molecular weight excluding hydrogens is 339 g/mol. The molecule has 1 atom stereocenters. The summed E-state index contributed by atoms with van der Waals surface area (Å²) in [6, 6.07) is 8.00. The maximum atomic E-state index is 13.0. The highest BCUT2D eigenvalue weighted by atomic mass is 32.2. The van der Waals surface area contributed by atoms with E-state index < -0.39 is 5.25 Å². The van der Waals surface area contributed by atoms with Gasteiger partial charge in [0.2, 0.25) is 5.91 Å². The summed E-state index contributed by atoms with van der Waals surface area (Å²) in [7, 11) is 0. The molecule has 0 spiro atoms. The minimum absolute atomic E-state index is 0.0758. The van der Waals surface area contributed by atoms with Crippen LogP contribution in [0.5, 0.6) is 0 Å². The number of thioether (sulfide) groups is 1. The number of carbonyl (C=O) groups is 2. The van der Waals surface area contributed by atoms with Gasteiger partial charge in [0.05, 0.1) is 10.3 Å². The Morgan fingerprint density at radius 2 is 1.92 bits per heavy atom. The van der Waals surface area contributed by atoms with E-state index in [9.17, 15) is 19.2 Å². The smallest absolute Gasteiger partial charge is 0.238 e. The number of hydrogen-bond donors (Lipinski definition) is 1. The van der Waals surface area contributed by atoms with Crippen LogP contribution < -0.4 is 5.32 Å². The molecule has 1 aromatic rings. The molecule has 0 bridgehead atoms. The number of nitriles is 1. The van der Waals surface area contributed by atoms with Crippen LogP contribution in [0, 0.1) is 23.1 Å². The molecule has 1 aromatic carbocycles. The molecule has 130 valence electrons. The maximum absolute atomic E-state index is 13.0. The summed E-state index contributed by atoms with van der Waals surface area (Å²) in [6.07, 6.45) is 5.21. The Morgan fingerprint density at radius 1 is 1.24 bits per heavy atom. The van der Waals surface area contributed by atoms with Crippen molar-refractivity contribution in [3.8, 4) is 6.07 Å². The Labute approximate surface area is 150 Å². The van der Waals surface area contributed by atoms with Gasteiger partial charge in [-0.3, -0.25) is 9.59 Å². The molecule has 3 rings (SSSR count). The Bertz CT molecular complexity index is 746. The molecule has 1 saturated carbocycles. The third-order valence-corrected chi connectivity index (χ3v) is 5.89.